The first kappa shape index (κ1) is 16.3. The maximum absolute atomic E-state index is 12.8. The Labute approximate surface area is 127 Å². The van der Waals surface area contributed by atoms with Crippen LogP contribution in [0.1, 0.15) is 25.3 Å². The van der Waals surface area contributed by atoms with Gasteiger partial charge in [-0.15, -0.1) is 0 Å². The summed E-state index contributed by atoms with van der Waals surface area (Å²) in [6, 6.07) is 7.61. The summed E-state index contributed by atoms with van der Waals surface area (Å²) in [5.74, 6) is 0.450. The van der Waals surface area contributed by atoms with Crippen LogP contribution in [-0.2, 0) is 10.2 Å². The van der Waals surface area contributed by atoms with Crippen molar-refractivity contribution >= 4 is 15.9 Å². The lowest BCUT2D eigenvalue weighted by Gasteiger charge is -2.35. The average Bonchev–Trinajstić information content (AvgIpc) is 2.50. The minimum atomic E-state index is -3.45. The zero-order chi connectivity index (χ0) is 15.5. The Morgan fingerprint density at radius 3 is 2.29 bits per heavy atom. The fraction of sp³-hybridized carbons (Fsp3) is 0.600. The van der Waals surface area contributed by atoms with Gasteiger partial charge in [0.15, 0.2) is 0 Å². The van der Waals surface area contributed by atoms with E-state index in [1.807, 2.05) is 38.1 Å². The largest absolute Gasteiger partial charge is 0.330 e. The molecule has 2 N–H and O–H groups in total. The van der Waals surface area contributed by atoms with Crippen molar-refractivity contribution < 1.29 is 8.42 Å². The van der Waals surface area contributed by atoms with E-state index >= 15 is 0 Å². The van der Waals surface area contributed by atoms with Gasteiger partial charge in [0.2, 0.25) is 0 Å². The first-order chi connectivity index (χ1) is 9.98. The van der Waals surface area contributed by atoms with Gasteiger partial charge in [0.1, 0.15) is 0 Å². The molecule has 5 nitrogen and oxygen atoms in total. The molecule has 21 heavy (non-hydrogen) atoms. The molecule has 0 saturated carbocycles. The molecule has 2 rings (SSSR count). The van der Waals surface area contributed by atoms with Crippen LogP contribution in [-0.4, -0.2) is 38.9 Å². The van der Waals surface area contributed by atoms with Crippen molar-refractivity contribution in [3.63, 3.8) is 0 Å². The van der Waals surface area contributed by atoms with E-state index in [2.05, 4.69) is 0 Å². The van der Waals surface area contributed by atoms with Gasteiger partial charge in [0.25, 0.3) is 0 Å². The second kappa shape index (κ2) is 6.77. The number of rotatable bonds is 5. The summed E-state index contributed by atoms with van der Waals surface area (Å²) in [7, 11) is -3.45. The Bertz CT molecular complexity index is 549. The fourth-order valence-electron chi connectivity index (χ4n) is 2.71. The molecule has 1 aromatic rings. The highest BCUT2D eigenvalue weighted by Crippen LogP contribution is 2.25. The Hall–Kier alpha value is -1.11. The highest BCUT2D eigenvalue weighted by Gasteiger charge is 2.32. The lowest BCUT2D eigenvalue weighted by atomic mass is 9.99. The van der Waals surface area contributed by atoms with Gasteiger partial charge in [0, 0.05) is 19.6 Å². The number of nitrogens with two attached hydrogens (primary N) is 1. The van der Waals surface area contributed by atoms with Crippen LogP contribution in [0, 0.1) is 12.8 Å². The van der Waals surface area contributed by atoms with Gasteiger partial charge < -0.3 is 5.73 Å². The van der Waals surface area contributed by atoms with E-state index in [1.165, 1.54) is 4.31 Å². The SMILES string of the molecule is CCN(c1ccc(C)cc1)S(=O)(=O)N1CCC(CN)CC1. The molecule has 118 valence electrons. The van der Waals surface area contributed by atoms with Gasteiger partial charge in [-0.3, -0.25) is 4.31 Å². The molecule has 1 fully saturated rings. The summed E-state index contributed by atoms with van der Waals surface area (Å²) in [5, 5.41) is 0. The summed E-state index contributed by atoms with van der Waals surface area (Å²) in [4.78, 5) is 0. The summed E-state index contributed by atoms with van der Waals surface area (Å²) in [6.07, 6.45) is 1.70. The van der Waals surface area contributed by atoms with Crippen molar-refractivity contribution in [2.75, 3.05) is 30.5 Å². The number of anilines is 1. The van der Waals surface area contributed by atoms with Crippen molar-refractivity contribution in [3.05, 3.63) is 29.8 Å². The molecule has 1 saturated heterocycles. The molecule has 0 bridgehead atoms. The number of hydrogen-bond acceptors (Lipinski definition) is 3. The van der Waals surface area contributed by atoms with Gasteiger partial charge in [-0.2, -0.15) is 12.7 Å². The molecule has 0 aromatic heterocycles. The molecule has 0 aliphatic carbocycles. The van der Waals surface area contributed by atoms with Crippen LogP contribution >= 0.6 is 0 Å². The van der Waals surface area contributed by atoms with Crippen molar-refractivity contribution in [2.45, 2.75) is 26.7 Å². The van der Waals surface area contributed by atoms with Gasteiger partial charge >= 0.3 is 10.2 Å². The molecule has 0 amide bonds. The van der Waals surface area contributed by atoms with Crippen molar-refractivity contribution in [2.24, 2.45) is 11.7 Å². The molecule has 1 aliphatic rings. The van der Waals surface area contributed by atoms with Crippen LogP contribution in [0.2, 0.25) is 0 Å². The molecule has 1 aliphatic heterocycles. The van der Waals surface area contributed by atoms with E-state index in [9.17, 15) is 8.42 Å². The predicted octanol–water partition coefficient (Wildman–Crippen LogP) is 1.74. The van der Waals surface area contributed by atoms with E-state index in [1.54, 1.807) is 4.31 Å². The fourth-order valence-corrected chi connectivity index (χ4v) is 4.37. The zero-order valence-electron chi connectivity index (χ0n) is 12.8. The molecule has 0 atom stereocenters. The maximum Gasteiger partial charge on any atom is 0.304 e. The van der Waals surface area contributed by atoms with E-state index in [4.69, 9.17) is 5.73 Å². The third kappa shape index (κ3) is 3.56. The van der Waals surface area contributed by atoms with E-state index in [-0.39, 0.29) is 0 Å². The van der Waals surface area contributed by atoms with Crippen LogP contribution in [0.3, 0.4) is 0 Å². The average molecular weight is 311 g/mol. The summed E-state index contributed by atoms with van der Waals surface area (Å²) in [5.41, 5.74) is 7.52. The molecule has 0 spiro atoms. The molecular formula is C15H25N3O2S. The van der Waals surface area contributed by atoms with Gasteiger partial charge in [0.05, 0.1) is 5.69 Å². The molecule has 0 unspecified atom stereocenters. The van der Waals surface area contributed by atoms with Crippen LogP contribution in [0.5, 0.6) is 0 Å². The van der Waals surface area contributed by atoms with Crippen LogP contribution in [0.15, 0.2) is 24.3 Å². The standard InChI is InChI=1S/C15H25N3O2S/c1-3-18(15-6-4-13(2)5-7-15)21(19,20)17-10-8-14(12-16)9-11-17/h4-7,14H,3,8-12,16H2,1-2H3. The molecular weight excluding hydrogens is 286 g/mol. The quantitative estimate of drug-likeness (QED) is 0.900. The predicted molar refractivity (Wildman–Crippen MR) is 86.5 cm³/mol. The Morgan fingerprint density at radius 1 is 1.24 bits per heavy atom. The van der Waals surface area contributed by atoms with E-state index in [0.717, 1.165) is 24.1 Å². The first-order valence-electron chi connectivity index (χ1n) is 7.53. The monoisotopic (exact) mass is 311 g/mol. The molecule has 6 heteroatoms. The molecule has 1 aromatic carbocycles. The Balaban J connectivity index is 2.18. The van der Waals surface area contributed by atoms with Gasteiger partial charge in [-0.25, -0.2) is 0 Å². The maximum atomic E-state index is 12.8. The first-order valence-corrected chi connectivity index (χ1v) is 8.93. The second-order valence-electron chi connectivity index (χ2n) is 5.59. The molecule has 1 heterocycles. The minimum Gasteiger partial charge on any atom is -0.330 e. The van der Waals surface area contributed by atoms with Crippen LogP contribution in [0.25, 0.3) is 0 Å². The van der Waals surface area contributed by atoms with Crippen molar-refractivity contribution in [1.82, 2.24) is 4.31 Å². The normalized spacial score (nSPS) is 17.9. The number of aryl methyl sites for hydroxylation is 1. The smallest absolute Gasteiger partial charge is 0.304 e. The summed E-state index contributed by atoms with van der Waals surface area (Å²) in [6.45, 7) is 6.06. The second-order valence-corrected chi connectivity index (χ2v) is 7.44. The minimum absolute atomic E-state index is 0.433. The number of hydrogen-bond donors (Lipinski definition) is 1. The third-order valence-electron chi connectivity index (χ3n) is 4.12. The highest BCUT2D eigenvalue weighted by molar-refractivity contribution is 7.90. The topological polar surface area (TPSA) is 66.6 Å². The lowest BCUT2D eigenvalue weighted by molar-refractivity contribution is 0.278. The van der Waals surface area contributed by atoms with Crippen molar-refractivity contribution in [1.29, 1.82) is 0 Å². The Kier molecular flexibility index (Phi) is 5.24. The van der Waals surface area contributed by atoms with E-state index in [0.29, 0.717) is 32.1 Å². The third-order valence-corrected chi connectivity index (χ3v) is 6.16. The van der Waals surface area contributed by atoms with Gasteiger partial charge in [-0.05, 0) is 51.3 Å². The van der Waals surface area contributed by atoms with E-state index < -0.39 is 10.2 Å². The zero-order valence-corrected chi connectivity index (χ0v) is 13.6. The van der Waals surface area contributed by atoms with Crippen LogP contribution < -0.4 is 10.0 Å². The Morgan fingerprint density at radius 2 is 1.81 bits per heavy atom. The summed E-state index contributed by atoms with van der Waals surface area (Å²) < 4.78 is 28.7. The molecule has 0 radical (unpaired) electrons. The van der Waals surface area contributed by atoms with Crippen LogP contribution in [0.4, 0.5) is 5.69 Å². The number of piperidine rings is 1. The van der Waals surface area contributed by atoms with Crippen molar-refractivity contribution in [3.8, 4) is 0 Å². The summed E-state index contributed by atoms with van der Waals surface area (Å²) >= 11 is 0. The highest BCUT2D eigenvalue weighted by atomic mass is 32.2. The number of nitrogens with zero attached hydrogens (tertiary/aromatic N) is 2. The van der Waals surface area contributed by atoms with Gasteiger partial charge in [-0.1, -0.05) is 17.7 Å². The number of benzene rings is 1. The lowest BCUT2D eigenvalue weighted by Crippen LogP contribution is -2.48.